The van der Waals surface area contributed by atoms with E-state index in [0.717, 1.165) is 22.7 Å². The molecule has 0 amide bonds. The van der Waals surface area contributed by atoms with Crippen molar-refractivity contribution in [2.45, 2.75) is 0 Å². The highest BCUT2D eigenvalue weighted by Crippen LogP contribution is 2.45. The minimum atomic E-state index is 1.10. The fourth-order valence-electron chi connectivity index (χ4n) is 7.08. The minimum absolute atomic E-state index is 1.10. The SMILES string of the molecule is c1ccc(-c2ccc(N(c3ccc4c5ccccc5n(-c5ccccc5)c4c3)c3cc4ccccc4cc3-c3ccccc3)cc2)cc1. The van der Waals surface area contributed by atoms with Gasteiger partial charge in [-0.1, -0.05) is 140 Å². The number of rotatable bonds is 6. The number of hydrogen-bond donors (Lipinski definition) is 0. The first-order valence-electron chi connectivity index (χ1n) is 16.4. The summed E-state index contributed by atoms with van der Waals surface area (Å²) in [6.07, 6.45) is 0. The summed E-state index contributed by atoms with van der Waals surface area (Å²) in [5.74, 6) is 0. The second kappa shape index (κ2) is 11.8. The van der Waals surface area contributed by atoms with Crippen LogP contribution in [0.4, 0.5) is 17.1 Å². The van der Waals surface area contributed by atoms with Gasteiger partial charge in [0.25, 0.3) is 0 Å². The Bertz CT molecular complexity index is 2530. The normalized spacial score (nSPS) is 11.3. The molecule has 0 aliphatic carbocycles. The van der Waals surface area contributed by atoms with Gasteiger partial charge in [0.2, 0.25) is 0 Å². The van der Waals surface area contributed by atoms with Crippen LogP contribution in [0.15, 0.2) is 194 Å². The van der Waals surface area contributed by atoms with Crippen LogP contribution < -0.4 is 4.90 Å². The third-order valence-corrected chi connectivity index (χ3v) is 9.35. The Balaban J connectivity index is 1.33. The standard InChI is InChI=1S/C46H32N2/c1-4-14-33(15-5-1)34-24-26-39(27-25-34)47(45-31-37-19-11-10-18-36(37)30-43(45)35-16-6-2-7-17-35)40-28-29-42-41-22-12-13-23-44(41)48(46(42)32-40)38-20-8-3-9-21-38/h1-32H. The molecule has 0 atom stereocenters. The molecule has 0 aliphatic heterocycles. The van der Waals surface area contributed by atoms with Gasteiger partial charge in [-0.05, 0) is 82.1 Å². The van der Waals surface area contributed by atoms with E-state index in [1.165, 1.54) is 54.8 Å². The predicted molar refractivity (Wildman–Crippen MR) is 204 cm³/mol. The smallest absolute Gasteiger partial charge is 0.0561 e. The molecule has 0 spiro atoms. The molecule has 8 aromatic carbocycles. The second-order valence-corrected chi connectivity index (χ2v) is 12.2. The summed E-state index contributed by atoms with van der Waals surface area (Å²) in [5.41, 5.74) is 11.6. The zero-order valence-corrected chi connectivity index (χ0v) is 26.4. The van der Waals surface area contributed by atoms with Crippen molar-refractivity contribution in [3.63, 3.8) is 0 Å². The molecule has 0 N–H and O–H groups in total. The zero-order valence-electron chi connectivity index (χ0n) is 26.4. The Labute approximate surface area is 280 Å². The molecule has 0 aliphatic rings. The Kier molecular flexibility index (Phi) is 6.84. The summed E-state index contributed by atoms with van der Waals surface area (Å²) in [6, 6.07) is 70.0. The summed E-state index contributed by atoms with van der Waals surface area (Å²) in [6.45, 7) is 0. The van der Waals surface area contributed by atoms with Crippen molar-refractivity contribution in [1.29, 1.82) is 0 Å². The Morgan fingerprint density at radius 2 is 0.896 bits per heavy atom. The van der Waals surface area contributed by atoms with Crippen LogP contribution >= 0.6 is 0 Å². The summed E-state index contributed by atoms with van der Waals surface area (Å²) in [5, 5.41) is 4.91. The van der Waals surface area contributed by atoms with Crippen LogP contribution in [0.2, 0.25) is 0 Å². The van der Waals surface area contributed by atoms with E-state index in [1.54, 1.807) is 0 Å². The Morgan fingerprint density at radius 1 is 0.354 bits per heavy atom. The summed E-state index contributed by atoms with van der Waals surface area (Å²) < 4.78 is 2.39. The maximum absolute atomic E-state index is 2.43. The monoisotopic (exact) mass is 612 g/mol. The van der Waals surface area contributed by atoms with Gasteiger partial charge in [-0.3, -0.25) is 0 Å². The Morgan fingerprint density at radius 3 is 1.62 bits per heavy atom. The van der Waals surface area contributed by atoms with Gasteiger partial charge < -0.3 is 9.47 Å². The fourth-order valence-corrected chi connectivity index (χ4v) is 7.08. The van der Waals surface area contributed by atoms with Gasteiger partial charge in [0, 0.05) is 33.4 Å². The van der Waals surface area contributed by atoms with Crippen molar-refractivity contribution in [3.8, 4) is 27.9 Å². The first-order valence-corrected chi connectivity index (χ1v) is 16.4. The molecule has 2 heteroatoms. The molecule has 0 unspecified atom stereocenters. The molecule has 1 heterocycles. The van der Waals surface area contributed by atoms with E-state index in [2.05, 4.69) is 204 Å². The number of hydrogen-bond acceptors (Lipinski definition) is 1. The molecule has 0 fully saturated rings. The second-order valence-electron chi connectivity index (χ2n) is 12.2. The van der Waals surface area contributed by atoms with Crippen LogP contribution in [0.3, 0.4) is 0 Å². The van der Waals surface area contributed by atoms with E-state index >= 15 is 0 Å². The van der Waals surface area contributed by atoms with Crippen molar-refractivity contribution >= 4 is 49.6 Å². The van der Waals surface area contributed by atoms with Gasteiger partial charge in [0.15, 0.2) is 0 Å². The van der Waals surface area contributed by atoms with E-state index < -0.39 is 0 Å². The number of para-hydroxylation sites is 2. The van der Waals surface area contributed by atoms with E-state index in [9.17, 15) is 0 Å². The quantitative estimate of drug-likeness (QED) is 0.181. The number of anilines is 3. The molecule has 0 radical (unpaired) electrons. The van der Waals surface area contributed by atoms with Crippen molar-refractivity contribution in [2.75, 3.05) is 4.90 Å². The summed E-state index contributed by atoms with van der Waals surface area (Å²) in [4.78, 5) is 2.43. The minimum Gasteiger partial charge on any atom is -0.310 e. The third-order valence-electron chi connectivity index (χ3n) is 9.35. The number of fused-ring (bicyclic) bond motifs is 4. The summed E-state index contributed by atoms with van der Waals surface area (Å²) >= 11 is 0. The van der Waals surface area contributed by atoms with Crippen molar-refractivity contribution in [2.24, 2.45) is 0 Å². The van der Waals surface area contributed by atoms with Crippen molar-refractivity contribution in [3.05, 3.63) is 194 Å². The molecular formula is C46H32N2. The van der Waals surface area contributed by atoms with Crippen LogP contribution in [0.5, 0.6) is 0 Å². The van der Waals surface area contributed by atoms with Crippen LogP contribution in [0, 0.1) is 0 Å². The molecule has 9 rings (SSSR count). The lowest BCUT2D eigenvalue weighted by atomic mass is 9.97. The summed E-state index contributed by atoms with van der Waals surface area (Å²) in [7, 11) is 0. The lowest BCUT2D eigenvalue weighted by molar-refractivity contribution is 1.18. The topological polar surface area (TPSA) is 8.17 Å². The van der Waals surface area contributed by atoms with E-state index in [-0.39, 0.29) is 0 Å². The van der Waals surface area contributed by atoms with Crippen LogP contribution in [0.25, 0.3) is 60.5 Å². The molecular weight excluding hydrogens is 581 g/mol. The van der Waals surface area contributed by atoms with Crippen LogP contribution in [-0.2, 0) is 0 Å². The van der Waals surface area contributed by atoms with E-state index in [4.69, 9.17) is 0 Å². The lowest BCUT2D eigenvalue weighted by Gasteiger charge is -2.29. The van der Waals surface area contributed by atoms with Crippen LogP contribution in [0.1, 0.15) is 0 Å². The van der Waals surface area contributed by atoms with Gasteiger partial charge in [-0.15, -0.1) is 0 Å². The average molecular weight is 613 g/mol. The molecule has 1 aromatic heterocycles. The number of aromatic nitrogens is 1. The molecule has 48 heavy (non-hydrogen) atoms. The highest BCUT2D eigenvalue weighted by atomic mass is 15.1. The zero-order chi connectivity index (χ0) is 31.9. The average Bonchev–Trinajstić information content (AvgIpc) is 3.50. The highest BCUT2D eigenvalue weighted by molar-refractivity contribution is 6.10. The first kappa shape index (κ1) is 27.9. The Hall–Kier alpha value is -6.38. The molecule has 226 valence electrons. The maximum atomic E-state index is 2.43. The highest BCUT2D eigenvalue weighted by Gasteiger charge is 2.21. The lowest BCUT2D eigenvalue weighted by Crippen LogP contribution is -2.11. The van der Waals surface area contributed by atoms with E-state index in [1.807, 2.05) is 0 Å². The van der Waals surface area contributed by atoms with Crippen LogP contribution in [-0.4, -0.2) is 4.57 Å². The van der Waals surface area contributed by atoms with E-state index in [0.29, 0.717) is 0 Å². The fraction of sp³-hybridized carbons (Fsp3) is 0. The number of nitrogens with zero attached hydrogens (tertiary/aromatic N) is 2. The van der Waals surface area contributed by atoms with Gasteiger partial charge in [-0.25, -0.2) is 0 Å². The van der Waals surface area contributed by atoms with Gasteiger partial charge in [-0.2, -0.15) is 0 Å². The first-order chi connectivity index (χ1) is 23.8. The van der Waals surface area contributed by atoms with Crippen molar-refractivity contribution < 1.29 is 0 Å². The molecule has 9 aromatic rings. The molecule has 0 bridgehead atoms. The number of benzene rings is 8. The maximum Gasteiger partial charge on any atom is 0.0561 e. The third kappa shape index (κ3) is 4.83. The molecule has 0 saturated heterocycles. The largest absolute Gasteiger partial charge is 0.310 e. The molecule has 0 saturated carbocycles. The van der Waals surface area contributed by atoms with Gasteiger partial charge in [0.05, 0.1) is 16.7 Å². The van der Waals surface area contributed by atoms with Gasteiger partial charge >= 0.3 is 0 Å². The predicted octanol–water partition coefficient (Wildman–Crippen LogP) is 12.7. The molecule has 2 nitrogen and oxygen atoms in total. The van der Waals surface area contributed by atoms with Gasteiger partial charge in [0.1, 0.15) is 0 Å². The van der Waals surface area contributed by atoms with Crippen molar-refractivity contribution in [1.82, 2.24) is 4.57 Å².